The second-order valence-corrected chi connectivity index (χ2v) is 5.26. The second kappa shape index (κ2) is 5.90. The lowest BCUT2D eigenvalue weighted by Crippen LogP contribution is -2.62. The molecule has 0 N–H and O–H groups in total. The number of hydrogen-bond acceptors (Lipinski definition) is 1. The number of halogens is 3. The summed E-state index contributed by atoms with van der Waals surface area (Å²) in [5, 5.41) is 0. The summed E-state index contributed by atoms with van der Waals surface area (Å²) in [5.74, 6) is 0. The maximum absolute atomic E-state index is 13.6. The van der Waals surface area contributed by atoms with Gasteiger partial charge in [0.2, 0.25) is 0 Å². The van der Waals surface area contributed by atoms with Crippen molar-refractivity contribution in [3.63, 3.8) is 0 Å². The van der Waals surface area contributed by atoms with E-state index >= 15 is 0 Å². The van der Waals surface area contributed by atoms with Gasteiger partial charge in [-0.05, 0) is 11.1 Å². The van der Waals surface area contributed by atoms with E-state index in [0.29, 0.717) is 0 Å². The van der Waals surface area contributed by atoms with Crippen molar-refractivity contribution in [3.05, 3.63) is 71.8 Å². The Bertz CT molecular complexity index is 529. The Hall–Kier alpha value is -1.81. The predicted molar refractivity (Wildman–Crippen MR) is 76.1 cm³/mol. The highest BCUT2D eigenvalue weighted by Crippen LogP contribution is 2.39. The van der Waals surface area contributed by atoms with Gasteiger partial charge in [0.05, 0.1) is 6.04 Å². The molecule has 4 heteroatoms. The lowest BCUT2D eigenvalue weighted by Gasteiger charge is -2.48. The molecule has 1 aliphatic rings. The van der Waals surface area contributed by atoms with Crippen LogP contribution in [0.15, 0.2) is 60.7 Å². The van der Waals surface area contributed by atoms with Gasteiger partial charge in [0.25, 0.3) is 6.43 Å². The third-order valence-corrected chi connectivity index (χ3v) is 3.96. The largest absolute Gasteiger partial charge is 0.278 e. The molecule has 21 heavy (non-hydrogen) atoms. The molecule has 2 atom stereocenters. The predicted octanol–water partition coefficient (Wildman–Crippen LogP) is 4.06. The van der Waals surface area contributed by atoms with Crippen molar-refractivity contribution in [2.45, 2.75) is 24.7 Å². The number of rotatable bonds is 4. The summed E-state index contributed by atoms with van der Waals surface area (Å²) in [4.78, 5) is 1.56. The van der Waals surface area contributed by atoms with Crippen LogP contribution in [0.4, 0.5) is 13.2 Å². The molecule has 2 aromatic carbocycles. The molecule has 1 heterocycles. The minimum absolute atomic E-state index is 0.0451. The number of alkyl halides is 3. The van der Waals surface area contributed by atoms with E-state index in [0.717, 1.165) is 11.1 Å². The maximum Gasteiger partial charge on any atom is 0.256 e. The molecule has 1 fully saturated rings. The van der Waals surface area contributed by atoms with Gasteiger partial charge in [-0.1, -0.05) is 60.7 Å². The highest BCUT2D eigenvalue weighted by Gasteiger charge is 2.48. The molecular formula is C17H16F3N. The smallest absolute Gasteiger partial charge is 0.256 e. The number of benzene rings is 2. The van der Waals surface area contributed by atoms with Gasteiger partial charge in [0.1, 0.15) is 12.2 Å². The second-order valence-electron chi connectivity index (χ2n) is 5.26. The Labute approximate surface area is 122 Å². The molecule has 2 aromatic rings. The van der Waals surface area contributed by atoms with Gasteiger partial charge in [-0.3, -0.25) is 4.90 Å². The quantitative estimate of drug-likeness (QED) is 0.821. The highest BCUT2D eigenvalue weighted by molar-refractivity contribution is 5.33. The Kier molecular flexibility index (Phi) is 3.97. The molecule has 1 nitrogen and oxygen atoms in total. The van der Waals surface area contributed by atoms with Crippen LogP contribution < -0.4 is 0 Å². The molecule has 1 aliphatic heterocycles. The fourth-order valence-corrected chi connectivity index (χ4v) is 2.93. The van der Waals surface area contributed by atoms with Gasteiger partial charge in [0.15, 0.2) is 0 Å². The van der Waals surface area contributed by atoms with Gasteiger partial charge in [0, 0.05) is 6.54 Å². The summed E-state index contributed by atoms with van der Waals surface area (Å²) in [6.45, 7) is 0.0451. The van der Waals surface area contributed by atoms with E-state index in [9.17, 15) is 13.2 Å². The Morgan fingerprint density at radius 3 is 1.71 bits per heavy atom. The Morgan fingerprint density at radius 2 is 1.33 bits per heavy atom. The summed E-state index contributed by atoms with van der Waals surface area (Å²) in [7, 11) is 0. The van der Waals surface area contributed by atoms with Crippen LogP contribution in [0.25, 0.3) is 0 Å². The van der Waals surface area contributed by atoms with Gasteiger partial charge in [-0.2, -0.15) is 0 Å². The zero-order valence-corrected chi connectivity index (χ0v) is 11.4. The van der Waals surface area contributed by atoms with Crippen LogP contribution in [0.1, 0.15) is 17.2 Å². The third-order valence-electron chi connectivity index (χ3n) is 3.96. The van der Waals surface area contributed by atoms with E-state index in [1.807, 2.05) is 60.7 Å². The van der Waals surface area contributed by atoms with Crippen molar-refractivity contribution in [2.24, 2.45) is 0 Å². The lowest BCUT2D eigenvalue weighted by atomic mass is 9.90. The van der Waals surface area contributed by atoms with E-state index in [4.69, 9.17) is 0 Å². The molecule has 110 valence electrons. The summed E-state index contributed by atoms with van der Waals surface area (Å²) in [6.07, 6.45) is -4.14. The molecular weight excluding hydrogens is 275 g/mol. The van der Waals surface area contributed by atoms with Gasteiger partial charge in [-0.15, -0.1) is 0 Å². The zero-order valence-electron chi connectivity index (χ0n) is 11.4. The van der Waals surface area contributed by atoms with Crippen LogP contribution >= 0.6 is 0 Å². The fraction of sp³-hybridized carbons (Fsp3) is 0.294. The van der Waals surface area contributed by atoms with Crippen LogP contribution in [0.2, 0.25) is 0 Å². The first kappa shape index (κ1) is 14.1. The molecule has 2 unspecified atom stereocenters. The fourth-order valence-electron chi connectivity index (χ4n) is 2.93. The number of nitrogens with zero attached hydrogens (tertiary/aromatic N) is 1. The third kappa shape index (κ3) is 2.68. The van der Waals surface area contributed by atoms with E-state index in [1.54, 1.807) is 4.90 Å². The van der Waals surface area contributed by atoms with E-state index in [1.165, 1.54) is 0 Å². The van der Waals surface area contributed by atoms with Crippen molar-refractivity contribution >= 4 is 0 Å². The van der Waals surface area contributed by atoms with Crippen LogP contribution in [0, 0.1) is 0 Å². The highest BCUT2D eigenvalue weighted by atomic mass is 19.3. The lowest BCUT2D eigenvalue weighted by molar-refractivity contribution is -0.107. The molecule has 0 bridgehead atoms. The summed E-state index contributed by atoms with van der Waals surface area (Å²) < 4.78 is 39.7. The van der Waals surface area contributed by atoms with E-state index in [2.05, 4.69) is 0 Å². The van der Waals surface area contributed by atoms with Crippen molar-refractivity contribution < 1.29 is 13.2 Å². The summed E-state index contributed by atoms with van der Waals surface area (Å²) in [5.41, 5.74) is 1.81. The molecule has 0 saturated carbocycles. The first-order chi connectivity index (χ1) is 10.2. The average molecular weight is 291 g/mol. The standard InChI is InChI=1S/C17H16F3N/c18-14-11-21(16(14)17(19)20)15(12-7-3-1-4-8-12)13-9-5-2-6-10-13/h1-10,14-17H,11H2. The van der Waals surface area contributed by atoms with Crippen LogP contribution in [-0.2, 0) is 0 Å². The number of likely N-dealkylation sites (tertiary alicyclic amines) is 1. The van der Waals surface area contributed by atoms with Crippen molar-refractivity contribution in [1.29, 1.82) is 0 Å². The van der Waals surface area contributed by atoms with Crippen LogP contribution in [-0.4, -0.2) is 30.1 Å². The minimum atomic E-state index is -2.68. The first-order valence-electron chi connectivity index (χ1n) is 6.96. The van der Waals surface area contributed by atoms with Gasteiger partial charge >= 0.3 is 0 Å². The van der Waals surface area contributed by atoms with E-state index < -0.39 is 18.6 Å². The van der Waals surface area contributed by atoms with Gasteiger partial charge in [-0.25, -0.2) is 13.2 Å². The molecule has 0 aromatic heterocycles. The molecule has 3 rings (SSSR count). The minimum Gasteiger partial charge on any atom is -0.278 e. The van der Waals surface area contributed by atoms with Gasteiger partial charge < -0.3 is 0 Å². The topological polar surface area (TPSA) is 3.24 Å². The summed E-state index contributed by atoms with van der Waals surface area (Å²) >= 11 is 0. The number of hydrogen-bond donors (Lipinski definition) is 0. The van der Waals surface area contributed by atoms with Crippen molar-refractivity contribution in [1.82, 2.24) is 4.90 Å². The van der Waals surface area contributed by atoms with Crippen molar-refractivity contribution in [2.75, 3.05) is 6.54 Å². The van der Waals surface area contributed by atoms with Crippen LogP contribution in [0.3, 0.4) is 0 Å². The molecule has 1 saturated heterocycles. The first-order valence-corrected chi connectivity index (χ1v) is 6.96. The normalized spacial score (nSPS) is 22.5. The van der Waals surface area contributed by atoms with Crippen molar-refractivity contribution in [3.8, 4) is 0 Å². The maximum atomic E-state index is 13.6. The SMILES string of the molecule is FC(F)C1C(F)CN1C(c1ccccc1)c1ccccc1. The Morgan fingerprint density at radius 1 is 0.857 bits per heavy atom. The Balaban J connectivity index is 1.98. The molecule has 0 radical (unpaired) electrons. The summed E-state index contributed by atoms with van der Waals surface area (Å²) in [6, 6.07) is 17.2. The molecule has 0 spiro atoms. The molecule has 0 aliphatic carbocycles. The molecule has 0 amide bonds. The monoisotopic (exact) mass is 291 g/mol. The zero-order chi connectivity index (χ0) is 14.8. The van der Waals surface area contributed by atoms with Crippen LogP contribution in [0.5, 0.6) is 0 Å². The average Bonchev–Trinajstić information content (AvgIpc) is 2.48. The van der Waals surface area contributed by atoms with E-state index in [-0.39, 0.29) is 12.6 Å².